The standard InChI is InChI=1S/C11H21NO/c1-8(2)9-5-6-12-10(7-9)3-4-11(12)13/h8-11,13H,3-7H2,1-2H3/t9-,10-,11?/m1/s1. The highest BCUT2D eigenvalue weighted by molar-refractivity contribution is 4.89. The molecule has 1 N–H and O–H groups in total. The first-order valence-electron chi connectivity index (χ1n) is 5.62. The molecule has 0 aromatic carbocycles. The average molecular weight is 183 g/mol. The van der Waals surface area contributed by atoms with Crippen LogP contribution in [-0.4, -0.2) is 28.8 Å². The van der Waals surface area contributed by atoms with Crippen molar-refractivity contribution in [1.82, 2.24) is 4.90 Å². The van der Waals surface area contributed by atoms with E-state index in [-0.39, 0.29) is 6.23 Å². The molecule has 0 saturated carbocycles. The maximum atomic E-state index is 9.68. The van der Waals surface area contributed by atoms with Gasteiger partial charge in [-0.25, -0.2) is 0 Å². The second-order valence-electron chi connectivity index (χ2n) is 4.98. The highest BCUT2D eigenvalue weighted by atomic mass is 16.3. The predicted octanol–water partition coefficient (Wildman–Crippen LogP) is 1.84. The number of rotatable bonds is 1. The third kappa shape index (κ3) is 1.75. The Hall–Kier alpha value is -0.0800. The molecular formula is C11H21NO. The Kier molecular flexibility index (Phi) is 2.61. The van der Waals surface area contributed by atoms with Crippen molar-refractivity contribution in [3.63, 3.8) is 0 Å². The fraction of sp³-hybridized carbons (Fsp3) is 1.00. The van der Waals surface area contributed by atoms with E-state index in [1.807, 2.05) is 0 Å². The lowest BCUT2D eigenvalue weighted by Gasteiger charge is -2.37. The van der Waals surface area contributed by atoms with E-state index in [0.29, 0.717) is 6.04 Å². The van der Waals surface area contributed by atoms with Gasteiger partial charge in [0.2, 0.25) is 0 Å². The van der Waals surface area contributed by atoms with Crippen LogP contribution < -0.4 is 0 Å². The van der Waals surface area contributed by atoms with E-state index in [9.17, 15) is 5.11 Å². The maximum Gasteiger partial charge on any atom is 0.107 e. The van der Waals surface area contributed by atoms with Gasteiger partial charge in [0.05, 0.1) is 0 Å². The molecule has 0 spiro atoms. The van der Waals surface area contributed by atoms with Crippen molar-refractivity contribution in [3.8, 4) is 0 Å². The molecule has 0 aliphatic carbocycles. The number of hydrogen-bond acceptors (Lipinski definition) is 2. The molecule has 2 heteroatoms. The molecule has 3 atom stereocenters. The summed E-state index contributed by atoms with van der Waals surface area (Å²) in [5.74, 6) is 1.71. The van der Waals surface area contributed by atoms with Gasteiger partial charge in [-0.1, -0.05) is 13.8 Å². The molecule has 2 saturated heterocycles. The number of fused-ring (bicyclic) bond motifs is 1. The van der Waals surface area contributed by atoms with Crippen LogP contribution in [0.2, 0.25) is 0 Å². The van der Waals surface area contributed by atoms with Crippen LogP contribution in [0.15, 0.2) is 0 Å². The van der Waals surface area contributed by atoms with Crippen LogP contribution in [0.1, 0.15) is 39.5 Å². The first kappa shape index (κ1) is 9.47. The summed E-state index contributed by atoms with van der Waals surface area (Å²) < 4.78 is 0. The Balaban J connectivity index is 1.95. The minimum atomic E-state index is -0.127. The van der Waals surface area contributed by atoms with E-state index < -0.39 is 0 Å². The van der Waals surface area contributed by atoms with Gasteiger partial charge < -0.3 is 5.11 Å². The van der Waals surface area contributed by atoms with Crippen molar-refractivity contribution in [2.75, 3.05) is 6.54 Å². The van der Waals surface area contributed by atoms with Gasteiger partial charge >= 0.3 is 0 Å². The molecule has 2 aliphatic heterocycles. The minimum Gasteiger partial charge on any atom is -0.378 e. The van der Waals surface area contributed by atoms with E-state index >= 15 is 0 Å². The zero-order valence-electron chi connectivity index (χ0n) is 8.74. The molecule has 0 radical (unpaired) electrons. The first-order valence-corrected chi connectivity index (χ1v) is 5.62. The molecule has 2 rings (SSSR count). The van der Waals surface area contributed by atoms with Gasteiger partial charge in [0.1, 0.15) is 6.23 Å². The van der Waals surface area contributed by atoms with Crippen LogP contribution in [0, 0.1) is 11.8 Å². The number of nitrogens with zero attached hydrogens (tertiary/aromatic N) is 1. The molecule has 0 aromatic rings. The van der Waals surface area contributed by atoms with Crippen LogP contribution in [0.25, 0.3) is 0 Å². The lowest BCUT2D eigenvalue weighted by molar-refractivity contribution is -0.0126. The van der Waals surface area contributed by atoms with Crippen LogP contribution in [0.5, 0.6) is 0 Å². The zero-order chi connectivity index (χ0) is 9.42. The zero-order valence-corrected chi connectivity index (χ0v) is 8.74. The fourth-order valence-electron chi connectivity index (χ4n) is 2.89. The second-order valence-corrected chi connectivity index (χ2v) is 4.98. The monoisotopic (exact) mass is 183 g/mol. The van der Waals surface area contributed by atoms with E-state index in [4.69, 9.17) is 0 Å². The SMILES string of the molecule is CC(C)[C@@H]1CCN2C(O)CC[C@@H]2C1. The van der Waals surface area contributed by atoms with Gasteiger partial charge in [-0.2, -0.15) is 0 Å². The van der Waals surface area contributed by atoms with Crippen LogP contribution in [0.4, 0.5) is 0 Å². The summed E-state index contributed by atoms with van der Waals surface area (Å²) in [6.07, 6.45) is 4.68. The van der Waals surface area contributed by atoms with Gasteiger partial charge in [-0.15, -0.1) is 0 Å². The molecule has 2 fully saturated rings. The van der Waals surface area contributed by atoms with E-state index in [1.165, 1.54) is 19.3 Å². The minimum absolute atomic E-state index is 0.127. The van der Waals surface area contributed by atoms with E-state index in [2.05, 4.69) is 18.7 Å². The van der Waals surface area contributed by atoms with Crippen molar-refractivity contribution in [2.45, 2.75) is 51.8 Å². The van der Waals surface area contributed by atoms with Gasteiger partial charge in [-0.3, -0.25) is 4.90 Å². The van der Waals surface area contributed by atoms with E-state index in [1.54, 1.807) is 0 Å². The maximum absolute atomic E-state index is 9.68. The Morgan fingerprint density at radius 3 is 2.69 bits per heavy atom. The fourth-order valence-corrected chi connectivity index (χ4v) is 2.89. The lowest BCUT2D eigenvalue weighted by Crippen LogP contribution is -2.43. The predicted molar refractivity (Wildman–Crippen MR) is 53.3 cm³/mol. The van der Waals surface area contributed by atoms with Gasteiger partial charge in [0.15, 0.2) is 0 Å². The third-order valence-electron chi connectivity index (χ3n) is 3.89. The molecule has 0 amide bonds. The number of hydrogen-bond donors (Lipinski definition) is 1. The molecular weight excluding hydrogens is 162 g/mol. The summed E-state index contributed by atoms with van der Waals surface area (Å²) in [6.45, 7) is 5.77. The molecule has 76 valence electrons. The summed E-state index contributed by atoms with van der Waals surface area (Å²) >= 11 is 0. The van der Waals surface area contributed by atoms with Gasteiger partial charge in [0, 0.05) is 12.6 Å². The smallest absolute Gasteiger partial charge is 0.107 e. The van der Waals surface area contributed by atoms with Crippen molar-refractivity contribution < 1.29 is 5.11 Å². The van der Waals surface area contributed by atoms with Crippen molar-refractivity contribution in [1.29, 1.82) is 0 Å². The number of piperidine rings is 1. The summed E-state index contributed by atoms with van der Waals surface area (Å²) in [5, 5.41) is 9.68. The van der Waals surface area contributed by atoms with Gasteiger partial charge in [0.25, 0.3) is 0 Å². The summed E-state index contributed by atoms with van der Waals surface area (Å²) in [4.78, 5) is 2.30. The van der Waals surface area contributed by atoms with Crippen molar-refractivity contribution >= 4 is 0 Å². The second kappa shape index (κ2) is 3.58. The Labute approximate surface area is 80.9 Å². The van der Waals surface area contributed by atoms with Crippen molar-refractivity contribution in [3.05, 3.63) is 0 Å². The highest BCUT2D eigenvalue weighted by Gasteiger charge is 2.37. The van der Waals surface area contributed by atoms with E-state index in [0.717, 1.165) is 24.8 Å². The van der Waals surface area contributed by atoms with Gasteiger partial charge in [-0.05, 0) is 37.5 Å². The average Bonchev–Trinajstić information content (AvgIpc) is 2.47. The highest BCUT2D eigenvalue weighted by Crippen LogP contribution is 2.35. The Bertz CT molecular complexity index is 181. The van der Waals surface area contributed by atoms with Crippen molar-refractivity contribution in [2.24, 2.45) is 11.8 Å². The largest absolute Gasteiger partial charge is 0.378 e. The molecule has 0 bridgehead atoms. The third-order valence-corrected chi connectivity index (χ3v) is 3.89. The summed E-state index contributed by atoms with van der Waals surface area (Å²) in [5.41, 5.74) is 0. The molecule has 2 nitrogen and oxygen atoms in total. The Morgan fingerprint density at radius 2 is 2.00 bits per heavy atom. The normalized spacial score (nSPS) is 41.1. The summed E-state index contributed by atoms with van der Waals surface area (Å²) in [7, 11) is 0. The van der Waals surface area contributed by atoms with Crippen LogP contribution in [0.3, 0.4) is 0 Å². The summed E-state index contributed by atoms with van der Waals surface area (Å²) in [6, 6.07) is 0.691. The number of aliphatic hydroxyl groups excluding tert-OH is 1. The number of aliphatic hydroxyl groups is 1. The molecule has 0 aromatic heterocycles. The quantitative estimate of drug-likeness (QED) is 0.670. The Morgan fingerprint density at radius 1 is 1.23 bits per heavy atom. The molecule has 13 heavy (non-hydrogen) atoms. The first-order chi connectivity index (χ1) is 6.18. The molecule has 2 aliphatic rings. The topological polar surface area (TPSA) is 23.5 Å². The van der Waals surface area contributed by atoms with Crippen LogP contribution >= 0.6 is 0 Å². The van der Waals surface area contributed by atoms with Crippen LogP contribution in [-0.2, 0) is 0 Å². The molecule has 1 unspecified atom stereocenters. The lowest BCUT2D eigenvalue weighted by atomic mass is 9.83. The molecule has 2 heterocycles.